The molecule has 0 aliphatic carbocycles. The van der Waals surface area contributed by atoms with Crippen molar-refractivity contribution in [2.24, 2.45) is 5.92 Å². The first-order valence-corrected chi connectivity index (χ1v) is 12.2. The van der Waals surface area contributed by atoms with Crippen LogP contribution in [0.2, 0.25) is 16.6 Å². The van der Waals surface area contributed by atoms with E-state index >= 15 is 0 Å². The summed E-state index contributed by atoms with van der Waals surface area (Å²) < 4.78 is 13.4. The minimum absolute atomic E-state index is 0.0341. The molecule has 2 N–H and O–H groups in total. The number of nitrogens with two attached hydrogens (primary N) is 1. The fraction of sp³-hybridized carbons (Fsp3) is 0.591. The molecule has 0 unspecified atom stereocenters. The maximum atomic E-state index is 7.05. The lowest BCUT2D eigenvalue weighted by molar-refractivity contribution is 0.0181. The number of anilines is 1. The summed E-state index contributed by atoms with van der Waals surface area (Å²) in [4.78, 5) is 4.07. The van der Waals surface area contributed by atoms with Gasteiger partial charge in [-0.05, 0) is 34.8 Å². The van der Waals surface area contributed by atoms with E-state index in [4.69, 9.17) is 14.9 Å². The van der Waals surface area contributed by atoms with Crippen molar-refractivity contribution in [1.29, 1.82) is 0 Å². The Morgan fingerprint density at radius 2 is 1.78 bits per heavy atom. The molecule has 0 saturated heterocycles. The number of ether oxygens (including phenoxy) is 1. The molecule has 2 heterocycles. The van der Waals surface area contributed by atoms with Gasteiger partial charge >= 0.3 is 0 Å². The molecule has 2 rings (SSSR count). The SMILES string of the molecule is C=C[C@H]1OC(c2ccncc2N)=C[C@@H](C)[C@@H]1O[Si](C(C)C)(C(C)C)C(C)C. The molecule has 27 heavy (non-hydrogen) atoms. The van der Waals surface area contributed by atoms with Crippen LogP contribution in [-0.2, 0) is 9.16 Å². The highest BCUT2D eigenvalue weighted by Crippen LogP contribution is 2.45. The van der Waals surface area contributed by atoms with E-state index in [1.807, 2.05) is 12.1 Å². The number of pyridine rings is 1. The Balaban J connectivity index is 2.40. The quantitative estimate of drug-likeness (QED) is 0.475. The summed E-state index contributed by atoms with van der Waals surface area (Å²) in [5.74, 6) is 0.991. The van der Waals surface area contributed by atoms with Crippen LogP contribution >= 0.6 is 0 Å². The number of hydrogen-bond donors (Lipinski definition) is 1. The Labute approximate surface area is 166 Å². The molecule has 5 heteroatoms. The topological polar surface area (TPSA) is 57.4 Å². The average Bonchev–Trinajstić information content (AvgIpc) is 2.59. The summed E-state index contributed by atoms with van der Waals surface area (Å²) >= 11 is 0. The predicted molar refractivity (Wildman–Crippen MR) is 117 cm³/mol. The van der Waals surface area contributed by atoms with E-state index in [0.717, 1.165) is 11.3 Å². The molecular weight excluding hydrogens is 352 g/mol. The van der Waals surface area contributed by atoms with Crippen LogP contribution in [0, 0.1) is 5.92 Å². The molecule has 0 saturated carbocycles. The number of nitrogen functional groups attached to an aromatic ring is 1. The average molecular weight is 389 g/mol. The van der Waals surface area contributed by atoms with Gasteiger partial charge in [-0.3, -0.25) is 4.98 Å². The zero-order chi connectivity index (χ0) is 20.4. The lowest BCUT2D eigenvalue weighted by Crippen LogP contribution is -2.54. The van der Waals surface area contributed by atoms with Gasteiger partial charge in [0.2, 0.25) is 8.32 Å². The van der Waals surface area contributed by atoms with Gasteiger partial charge in [-0.15, -0.1) is 0 Å². The molecule has 150 valence electrons. The molecule has 0 amide bonds. The third-order valence-electron chi connectivity index (χ3n) is 5.92. The second-order valence-corrected chi connectivity index (χ2v) is 14.0. The van der Waals surface area contributed by atoms with Gasteiger partial charge in [0.1, 0.15) is 11.9 Å². The molecule has 0 bridgehead atoms. The van der Waals surface area contributed by atoms with Crippen molar-refractivity contribution in [2.45, 2.75) is 77.3 Å². The monoisotopic (exact) mass is 388 g/mol. The molecule has 3 atom stereocenters. The van der Waals surface area contributed by atoms with Gasteiger partial charge in [0.25, 0.3) is 0 Å². The number of aromatic nitrogens is 1. The van der Waals surface area contributed by atoms with Crippen LogP contribution < -0.4 is 5.73 Å². The fourth-order valence-corrected chi connectivity index (χ4v) is 10.3. The highest BCUT2D eigenvalue weighted by molar-refractivity contribution is 6.77. The summed E-state index contributed by atoms with van der Waals surface area (Å²) in [6.07, 6.45) is 7.16. The number of nitrogens with zero attached hydrogens (tertiary/aromatic N) is 1. The third kappa shape index (κ3) is 4.14. The zero-order valence-electron chi connectivity index (χ0n) is 17.9. The van der Waals surface area contributed by atoms with Gasteiger partial charge in [0, 0.05) is 17.7 Å². The lowest BCUT2D eigenvalue weighted by atomic mass is 9.94. The predicted octanol–water partition coefficient (Wildman–Crippen LogP) is 5.79. The van der Waals surface area contributed by atoms with Gasteiger partial charge < -0.3 is 14.9 Å². The van der Waals surface area contributed by atoms with E-state index in [-0.39, 0.29) is 18.1 Å². The van der Waals surface area contributed by atoms with Crippen LogP contribution in [-0.4, -0.2) is 25.5 Å². The standard InChI is InChI=1S/C22H36N2O2Si/c1-9-20-22(26-27(14(2)3,15(4)5)16(6)7)17(8)12-21(25-20)18-10-11-24-13-19(18)23/h9-17,20,22H,1,23H2,2-8H3/t17-,20-,22+/m1/s1. The summed E-state index contributed by atoms with van der Waals surface area (Å²) in [7, 11) is -2.02. The Hall–Kier alpha value is -1.59. The van der Waals surface area contributed by atoms with E-state index in [1.165, 1.54) is 0 Å². The Morgan fingerprint density at radius 3 is 2.26 bits per heavy atom. The van der Waals surface area contributed by atoms with Crippen molar-refractivity contribution < 1.29 is 9.16 Å². The molecule has 4 nitrogen and oxygen atoms in total. The largest absolute Gasteiger partial charge is 0.483 e. The van der Waals surface area contributed by atoms with Gasteiger partial charge in [-0.1, -0.05) is 55.0 Å². The Morgan fingerprint density at radius 1 is 1.19 bits per heavy atom. The molecule has 1 aromatic rings. The lowest BCUT2D eigenvalue weighted by Gasteiger charge is -2.47. The molecular formula is C22H36N2O2Si. The fourth-order valence-electron chi connectivity index (χ4n) is 4.67. The van der Waals surface area contributed by atoms with Crippen molar-refractivity contribution in [3.63, 3.8) is 0 Å². The van der Waals surface area contributed by atoms with E-state index in [1.54, 1.807) is 12.4 Å². The maximum absolute atomic E-state index is 7.05. The van der Waals surface area contributed by atoms with Crippen molar-refractivity contribution in [3.05, 3.63) is 42.8 Å². The van der Waals surface area contributed by atoms with Crippen LogP contribution in [0.25, 0.3) is 5.76 Å². The normalized spacial score (nSPS) is 23.5. The van der Waals surface area contributed by atoms with E-state index < -0.39 is 8.32 Å². The maximum Gasteiger partial charge on any atom is 0.201 e. The second kappa shape index (κ2) is 8.61. The van der Waals surface area contributed by atoms with E-state index in [2.05, 4.69) is 66.1 Å². The third-order valence-corrected chi connectivity index (χ3v) is 12.0. The van der Waals surface area contributed by atoms with Gasteiger partial charge in [-0.25, -0.2) is 0 Å². The van der Waals surface area contributed by atoms with Crippen molar-refractivity contribution in [3.8, 4) is 0 Å². The van der Waals surface area contributed by atoms with Crippen LogP contribution in [0.3, 0.4) is 0 Å². The smallest absolute Gasteiger partial charge is 0.201 e. The summed E-state index contributed by atoms with van der Waals surface area (Å²) in [6.45, 7) is 20.1. The molecule has 1 aliphatic rings. The summed E-state index contributed by atoms with van der Waals surface area (Å²) in [6, 6.07) is 1.89. The van der Waals surface area contributed by atoms with Crippen LogP contribution in [0.5, 0.6) is 0 Å². The van der Waals surface area contributed by atoms with E-state index in [9.17, 15) is 0 Å². The zero-order valence-corrected chi connectivity index (χ0v) is 18.9. The molecule has 1 aliphatic heterocycles. The first-order chi connectivity index (χ1) is 12.6. The first-order valence-electron chi connectivity index (χ1n) is 10.0. The van der Waals surface area contributed by atoms with Crippen LogP contribution in [0.15, 0.2) is 37.2 Å². The summed E-state index contributed by atoms with van der Waals surface area (Å²) in [5, 5.41) is 0. The summed E-state index contributed by atoms with van der Waals surface area (Å²) in [5.41, 5.74) is 9.18. The van der Waals surface area contributed by atoms with Gasteiger partial charge in [-0.2, -0.15) is 0 Å². The Bertz CT molecular complexity index is 663. The second-order valence-electron chi connectivity index (χ2n) is 8.57. The minimum Gasteiger partial charge on any atom is -0.483 e. The van der Waals surface area contributed by atoms with Gasteiger partial charge in [0.05, 0.1) is 18.0 Å². The number of hydrogen-bond acceptors (Lipinski definition) is 4. The van der Waals surface area contributed by atoms with Crippen LogP contribution in [0.1, 0.15) is 54.0 Å². The molecule has 1 aromatic heterocycles. The van der Waals surface area contributed by atoms with Crippen molar-refractivity contribution >= 4 is 19.8 Å². The first kappa shape index (κ1) is 21.7. The molecule has 0 aromatic carbocycles. The highest BCUT2D eigenvalue weighted by Gasteiger charge is 2.49. The molecule has 0 spiro atoms. The van der Waals surface area contributed by atoms with E-state index in [0.29, 0.717) is 22.3 Å². The number of rotatable bonds is 7. The van der Waals surface area contributed by atoms with Crippen molar-refractivity contribution in [1.82, 2.24) is 4.98 Å². The van der Waals surface area contributed by atoms with Crippen molar-refractivity contribution in [2.75, 3.05) is 5.73 Å². The Kier molecular flexibility index (Phi) is 6.92. The highest BCUT2D eigenvalue weighted by atomic mass is 28.4. The van der Waals surface area contributed by atoms with Crippen LogP contribution in [0.4, 0.5) is 5.69 Å². The molecule has 0 radical (unpaired) electrons. The van der Waals surface area contributed by atoms with Gasteiger partial charge in [0.15, 0.2) is 0 Å². The minimum atomic E-state index is -2.02. The molecule has 0 fully saturated rings.